The average molecular weight is 518 g/mol. The van der Waals surface area contributed by atoms with Crippen molar-refractivity contribution in [3.05, 3.63) is 62.7 Å². The molecule has 1 aromatic carbocycles. The first-order valence-corrected chi connectivity index (χ1v) is 12.6. The maximum Gasteiger partial charge on any atom is 0.255 e. The van der Waals surface area contributed by atoms with Crippen LogP contribution in [0.4, 0.5) is 0 Å². The van der Waals surface area contributed by atoms with Crippen molar-refractivity contribution in [1.82, 2.24) is 9.88 Å². The molecule has 6 heteroatoms. The first-order chi connectivity index (χ1) is 14.8. The highest BCUT2D eigenvalue weighted by molar-refractivity contribution is 9.10. The van der Waals surface area contributed by atoms with E-state index in [1.165, 1.54) is 11.3 Å². The summed E-state index contributed by atoms with van der Waals surface area (Å²) < 4.78 is 0.675. The molecule has 3 heterocycles. The lowest BCUT2D eigenvalue weighted by atomic mass is 9.90. The second kappa shape index (κ2) is 9.05. The molecule has 0 saturated carbocycles. The molecule has 0 radical (unpaired) electrons. The minimum absolute atomic E-state index is 0.000989. The normalized spacial score (nSPS) is 14.7. The Labute approximate surface area is 201 Å². The fourth-order valence-corrected chi connectivity index (χ4v) is 5.52. The van der Waals surface area contributed by atoms with Gasteiger partial charge in [-0.3, -0.25) is 9.78 Å². The van der Waals surface area contributed by atoms with Crippen molar-refractivity contribution in [2.45, 2.75) is 45.4 Å². The van der Waals surface area contributed by atoms with Crippen LogP contribution in [0.15, 0.2) is 46.4 Å². The van der Waals surface area contributed by atoms with Crippen LogP contribution in [-0.2, 0) is 5.41 Å². The van der Waals surface area contributed by atoms with Crippen LogP contribution in [0.5, 0.6) is 0 Å². The molecule has 162 valence electrons. The molecule has 2 aromatic heterocycles. The predicted octanol–water partition coefficient (Wildman–Crippen LogP) is 7.82. The molecule has 3 nitrogen and oxygen atoms in total. The Morgan fingerprint density at radius 2 is 1.84 bits per heavy atom. The van der Waals surface area contributed by atoms with Crippen LogP contribution >= 0.6 is 38.9 Å². The van der Waals surface area contributed by atoms with Gasteiger partial charge in [-0.25, -0.2) is 0 Å². The van der Waals surface area contributed by atoms with Gasteiger partial charge in [-0.15, -0.1) is 11.3 Å². The molecule has 0 aliphatic carbocycles. The molecule has 3 aromatic rings. The van der Waals surface area contributed by atoms with Crippen molar-refractivity contribution < 1.29 is 4.79 Å². The standard InChI is InChI=1S/C25H26BrClN2OS/c1-25(2,3)21-14-16(9-10-28-21)20-13-17(15-31-20)18-7-8-19(22(26)23(18)27)24(30)29-11-5-4-6-12-29/h7-10,13-15H,4-6,11-12H2,1-3H3. The summed E-state index contributed by atoms with van der Waals surface area (Å²) in [6.45, 7) is 8.15. The molecule has 0 unspecified atom stereocenters. The molecule has 0 N–H and O–H groups in total. The van der Waals surface area contributed by atoms with Gasteiger partial charge in [0.25, 0.3) is 5.91 Å². The summed E-state index contributed by atoms with van der Waals surface area (Å²) in [4.78, 5) is 20.6. The van der Waals surface area contributed by atoms with Crippen molar-refractivity contribution in [3.8, 4) is 21.6 Å². The minimum Gasteiger partial charge on any atom is -0.339 e. The van der Waals surface area contributed by atoms with Crippen LogP contribution in [0.25, 0.3) is 21.6 Å². The van der Waals surface area contributed by atoms with Gasteiger partial charge in [0.15, 0.2) is 0 Å². The number of piperidine rings is 1. The number of rotatable bonds is 3. The number of likely N-dealkylation sites (tertiary alicyclic amines) is 1. The summed E-state index contributed by atoms with van der Waals surface area (Å²) in [5.41, 5.74) is 4.84. The summed E-state index contributed by atoms with van der Waals surface area (Å²) in [6, 6.07) is 10.2. The van der Waals surface area contributed by atoms with Gasteiger partial charge in [-0.05, 0) is 76.0 Å². The van der Waals surface area contributed by atoms with Crippen LogP contribution in [0, 0.1) is 0 Å². The minimum atomic E-state index is 0.000989. The predicted molar refractivity (Wildman–Crippen MR) is 134 cm³/mol. The van der Waals surface area contributed by atoms with E-state index in [1.807, 2.05) is 29.3 Å². The molecule has 1 aliphatic rings. The quantitative estimate of drug-likeness (QED) is 0.355. The Hall–Kier alpha value is -1.69. The molecular weight excluding hydrogens is 492 g/mol. The highest BCUT2D eigenvalue weighted by atomic mass is 79.9. The van der Waals surface area contributed by atoms with E-state index in [0.29, 0.717) is 15.1 Å². The van der Waals surface area contributed by atoms with E-state index in [9.17, 15) is 4.79 Å². The van der Waals surface area contributed by atoms with Gasteiger partial charge in [-0.1, -0.05) is 38.4 Å². The molecule has 31 heavy (non-hydrogen) atoms. The van der Waals surface area contributed by atoms with Gasteiger partial charge in [0.05, 0.1) is 10.6 Å². The van der Waals surface area contributed by atoms with E-state index < -0.39 is 0 Å². The summed E-state index contributed by atoms with van der Waals surface area (Å²) in [5, 5.41) is 2.70. The number of thiophene rings is 1. The van der Waals surface area contributed by atoms with Gasteiger partial charge in [0.2, 0.25) is 0 Å². The van der Waals surface area contributed by atoms with Crippen LogP contribution in [0.1, 0.15) is 56.1 Å². The Morgan fingerprint density at radius 3 is 2.55 bits per heavy atom. The van der Waals surface area contributed by atoms with E-state index in [2.05, 4.69) is 59.2 Å². The second-order valence-corrected chi connectivity index (χ2v) is 11.1. The smallest absolute Gasteiger partial charge is 0.255 e. The van der Waals surface area contributed by atoms with Gasteiger partial charge in [0, 0.05) is 45.3 Å². The Morgan fingerprint density at radius 1 is 1.10 bits per heavy atom. The molecule has 1 fully saturated rings. The molecule has 4 rings (SSSR count). The van der Waals surface area contributed by atoms with E-state index in [0.717, 1.165) is 48.3 Å². The van der Waals surface area contributed by atoms with Gasteiger partial charge >= 0.3 is 0 Å². The third-order valence-corrected chi connectivity index (χ3v) is 8.10. The molecule has 0 bridgehead atoms. The van der Waals surface area contributed by atoms with Crippen LogP contribution in [0.2, 0.25) is 5.02 Å². The van der Waals surface area contributed by atoms with Crippen molar-refractivity contribution in [2.75, 3.05) is 13.1 Å². The lowest BCUT2D eigenvalue weighted by Crippen LogP contribution is -2.35. The van der Waals surface area contributed by atoms with E-state index in [4.69, 9.17) is 11.6 Å². The molecular formula is C25H26BrClN2OS. The first-order valence-electron chi connectivity index (χ1n) is 10.6. The maximum absolute atomic E-state index is 13.0. The molecule has 0 spiro atoms. The lowest BCUT2D eigenvalue weighted by molar-refractivity contribution is 0.0723. The molecule has 1 amide bonds. The van der Waals surface area contributed by atoms with Crippen molar-refractivity contribution in [1.29, 1.82) is 0 Å². The largest absolute Gasteiger partial charge is 0.339 e. The highest BCUT2D eigenvalue weighted by Gasteiger charge is 2.23. The zero-order chi connectivity index (χ0) is 22.2. The number of halogens is 2. The number of hydrogen-bond acceptors (Lipinski definition) is 3. The number of carbonyl (C=O) groups is 1. The van der Waals surface area contributed by atoms with Crippen molar-refractivity contribution in [3.63, 3.8) is 0 Å². The first kappa shape index (κ1) is 22.5. The number of hydrogen-bond donors (Lipinski definition) is 0. The fourth-order valence-electron chi connectivity index (χ4n) is 3.83. The number of nitrogens with zero attached hydrogens (tertiary/aromatic N) is 2. The summed E-state index contributed by atoms with van der Waals surface area (Å²) in [7, 11) is 0. The monoisotopic (exact) mass is 516 g/mol. The summed E-state index contributed by atoms with van der Waals surface area (Å²) in [5.74, 6) is 0.0533. The van der Waals surface area contributed by atoms with Gasteiger partial charge in [0.1, 0.15) is 0 Å². The Balaban J connectivity index is 1.64. The van der Waals surface area contributed by atoms with E-state index >= 15 is 0 Å². The van der Waals surface area contributed by atoms with Gasteiger partial charge in [-0.2, -0.15) is 0 Å². The number of amides is 1. The molecule has 1 aliphatic heterocycles. The SMILES string of the molecule is CC(C)(C)c1cc(-c2cc(-c3ccc(C(=O)N4CCCCC4)c(Br)c3Cl)cs2)ccn1. The summed E-state index contributed by atoms with van der Waals surface area (Å²) >= 11 is 12.0. The Kier molecular flexibility index (Phi) is 6.57. The van der Waals surface area contributed by atoms with E-state index in [1.54, 1.807) is 11.3 Å². The average Bonchev–Trinajstić information content (AvgIpc) is 3.25. The van der Waals surface area contributed by atoms with E-state index in [-0.39, 0.29) is 11.3 Å². The third kappa shape index (κ3) is 4.74. The van der Waals surface area contributed by atoms with Crippen molar-refractivity contribution >= 4 is 44.8 Å². The zero-order valence-corrected chi connectivity index (χ0v) is 21.2. The van der Waals surface area contributed by atoms with Crippen molar-refractivity contribution in [2.24, 2.45) is 0 Å². The van der Waals surface area contributed by atoms with Crippen LogP contribution in [0.3, 0.4) is 0 Å². The molecule has 1 saturated heterocycles. The third-order valence-electron chi connectivity index (χ3n) is 5.68. The number of benzene rings is 1. The fraction of sp³-hybridized carbons (Fsp3) is 0.360. The maximum atomic E-state index is 13.0. The molecule has 0 atom stereocenters. The topological polar surface area (TPSA) is 33.2 Å². The lowest BCUT2D eigenvalue weighted by Gasteiger charge is -2.27. The summed E-state index contributed by atoms with van der Waals surface area (Å²) in [6.07, 6.45) is 5.21. The second-order valence-electron chi connectivity index (χ2n) is 9.02. The van der Waals surface area contributed by atoms with Crippen LogP contribution < -0.4 is 0 Å². The number of pyridine rings is 1. The Bertz CT molecular complexity index is 1110. The highest BCUT2D eigenvalue weighted by Crippen LogP contribution is 2.40. The number of carbonyl (C=O) groups excluding carboxylic acids is 1. The zero-order valence-electron chi connectivity index (χ0n) is 18.0. The van der Waals surface area contributed by atoms with Gasteiger partial charge < -0.3 is 4.90 Å². The van der Waals surface area contributed by atoms with Crippen LogP contribution in [-0.4, -0.2) is 28.9 Å². The number of aromatic nitrogens is 1.